The Morgan fingerprint density at radius 3 is 2.29 bits per heavy atom. The molecule has 2 aliphatic carbocycles. The van der Waals surface area contributed by atoms with E-state index < -0.39 is 8.56 Å². The molecule has 0 aromatic heterocycles. The van der Waals surface area contributed by atoms with Crippen molar-refractivity contribution < 1.29 is 18.4 Å². The van der Waals surface area contributed by atoms with Crippen molar-refractivity contribution in [2.45, 2.75) is 59.0 Å². The van der Waals surface area contributed by atoms with Crippen molar-refractivity contribution in [3.63, 3.8) is 0 Å². The third kappa shape index (κ3) is 4.08. The van der Waals surface area contributed by atoms with Crippen LogP contribution >= 0.6 is 0 Å². The summed E-state index contributed by atoms with van der Waals surface area (Å²) in [4.78, 5) is 11.1. The van der Waals surface area contributed by atoms with Gasteiger partial charge in [-0.2, -0.15) is 0 Å². The normalized spacial score (nSPS) is 34.0. The summed E-state index contributed by atoms with van der Waals surface area (Å²) in [6.07, 6.45) is 6.11. The highest BCUT2D eigenvalue weighted by Crippen LogP contribution is 2.59. The number of ether oxygens (including phenoxy) is 1. The molecule has 122 valence electrons. The first-order valence-electron chi connectivity index (χ1n) is 8.34. The van der Waals surface area contributed by atoms with Gasteiger partial charge < -0.3 is 13.6 Å². The van der Waals surface area contributed by atoms with Gasteiger partial charge in [-0.1, -0.05) is 6.42 Å². The van der Waals surface area contributed by atoms with Gasteiger partial charge in [0, 0.05) is 18.6 Å². The molecule has 21 heavy (non-hydrogen) atoms. The van der Waals surface area contributed by atoms with Crippen LogP contribution in [-0.4, -0.2) is 34.4 Å². The average Bonchev–Trinajstić information content (AvgIpc) is 3.06. The van der Waals surface area contributed by atoms with Crippen LogP contribution in [0, 0.1) is 17.3 Å². The van der Waals surface area contributed by atoms with Crippen molar-refractivity contribution in [3.05, 3.63) is 0 Å². The Hall–Kier alpha value is -0.393. The third-order valence-electron chi connectivity index (χ3n) is 5.10. The van der Waals surface area contributed by atoms with Crippen LogP contribution < -0.4 is 0 Å². The predicted octanol–water partition coefficient (Wildman–Crippen LogP) is 3.50. The molecule has 3 atom stereocenters. The van der Waals surface area contributed by atoms with Gasteiger partial charge in [-0.3, -0.25) is 4.79 Å². The quantitative estimate of drug-likeness (QED) is 0.588. The molecule has 0 radical (unpaired) electrons. The van der Waals surface area contributed by atoms with Crippen LogP contribution in [0.1, 0.15) is 46.0 Å². The largest absolute Gasteiger partial charge is 0.465 e. The summed E-state index contributed by atoms with van der Waals surface area (Å²) >= 11 is 0. The minimum Gasteiger partial charge on any atom is -0.465 e. The van der Waals surface area contributed by atoms with Gasteiger partial charge in [0.15, 0.2) is 0 Å². The van der Waals surface area contributed by atoms with Gasteiger partial charge >= 0.3 is 14.5 Å². The van der Waals surface area contributed by atoms with Gasteiger partial charge in [0.1, 0.15) is 0 Å². The minimum atomic E-state index is -1.70. The first-order valence-corrected chi connectivity index (χ1v) is 11.2. The van der Waals surface area contributed by atoms with E-state index in [2.05, 4.69) is 13.1 Å². The van der Waals surface area contributed by atoms with Crippen LogP contribution in [0.3, 0.4) is 0 Å². The molecule has 3 fully saturated rings. The molecular formula is C16H30O4Si. The Labute approximate surface area is 129 Å². The second-order valence-corrected chi connectivity index (χ2v) is 10.4. The first kappa shape index (κ1) is 17.0. The SMILES string of the molecule is CCO[Si](C)(C)OCC.O=C1CC2(CO1)CC1CCC2C1. The maximum Gasteiger partial charge on any atom is 0.331 e. The van der Waals surface area contributed by atoms with E-state index in [4.69, 9.17) is 13.6 Å². The van der Waals surface area contributed by atoms with E-state index in [-0.39, 0.29) is 5.97 Å². The van der Waals surface area contributed by atoms with Crippen molar-refractivity contribution in [2.24, 2.45) is 17.3 Å². The Balaban J connectivity index is 0.000000163. The monoisotopic (exact) mass is 314 g/mol. The van der Waals surface area contributed by atoms with E-state index in [1.807, 2.05) is 13.8 Å². The van der Waals surface area contributed by atoms with E-state index in [0.29, 0.717) is 11.8 Å². The van der Waals surface area contributed by atoms with Crippen molar-refractivity contribution >= 4 is 14.5 Å². The molecule has 1 saturated heterocycles. The molecule has 0 N–H and O–H groups in total. The highest BCUT2D eigenvalue weighted by Gasteiger charge is 2.55. The number of hydrogen-bond donors (Lipinski definition) is 0. The van der Waals surface area contributed by atoms with Crippen LogP contribution in [0.25, 0.3) is 0 Å². The zero-order chi connectivity index (χ0) is 15.5. The number of esters is 1. The van der Waals surface area contributed by atoms with Crippen molar-refractivity contribution in [1.29, 1.82) is 0 Å². The fourth-order valence-corrected chi connectivity index (χ4v) is 5.78. The number of carbonyl (C=O) groups is 1. The number of carbonyl (C=O) groups excluding carboxylic acids is 1. The highest BCUT2D eigenvalue weighted by atomic mass is 28.4. The summed E-state index contributed by atoms with van der Waals surface area (Å²) in [6.45, 7) is 10.4. The van der Waals surface area contributed by atoms with Gasteiger partial charge in [-0.05, 0) is 58.0 Å². The standard InChI is InChI=1S/C10H14O2.C6H16O2Si/c11-9-5-10(6-12-9)4-7-1-2-8(10)3-7;1-5-7-9(3,4)8-6-2/h7-8H,1-6H2;5-6H2,1-4H3. The second-order valence-electron chi connectivity index (χ2n) is 7.05. The molecule has 0 amide bonds. The predicted molar refractivity (Wildman–Crippen MR) is 84.2 cm³/mol. The molecule has 2 saturated carbocycles. The lowest BCUT2D eigenvalue weighted by Crippen LogP contribution is -2.34. The second kappa shape index (κ2) is 6.80. The zero-order valence-corrected chi connectivity index (χ0v) is 14.9. The van der Waals surface area contributed by atoms with E-state index in [9.17, 15) is 4.79 Å². The number of rotatable bonds is 4. The molecule has 0 aromatic rings. The smallest absolute Gasteiger partial charge is 0.331 e. The summed E-state index contributed by atoms with van der Waals surface area (Å²) < 4.78 is 15.9. The molecule has 4 nitrogen and oxygen atoms in total. The Kier molecular flexibility index (Phi) is 5.49. The first-order chi connectivity index (χ1) is 9.91. The van der Waals surface area contributed by atoms with E-state index >= 15 is 0 Å². The summed E-state index contributed by atoms with van der Waals surface area (Å²) in [5.41, 5.74) is 0.306. The van der Waals surface area contributed by atoms with E-state index in [0.717, 1.165) is 31.7 Å². The van der Waals surface area contributed by atoms with E-state index in [1.54, 1.807) is 0 Å². The molecule has 1 spiro atoms. The highest BCUT2D eigenvalue weighted by molar-refractivity contribution is 6.64. The van der Waals surface area contributed by atoms with Crippen molar-refractivity contribution in [1.82, 2.24) is 0 Å². The number of cyclic esters (lactones) is 1. The zero-order valence-electron chi connectivity index (χ0n) is 13.9. The van der Waals surface area contributed by atoms with Crippen LogP contribution in [0.15, 0.2) is 0 Å². The van der Waals surface area contributed by atoms with Crippen LogP contribution in [0.5, 0.6) is 0 Å². The van der Waals surface area contributed by atoms with Gasteiger partial charge in [-0.25, -0.2) is 0 Å². The lowest BCUT2D eigenvalue weighted by molar-refractivity contribution is -0.137. The summed E-state index contributed by atoms with van der Waals surface area (Å²) in [5, 5.41) is 0. The fourth-order valence-electron chi connectivity index (χ4n) is 4.30. The maximum atomic E-state index is 11.1. The van der Waals surface area contributed by atoms with E-state index in [1.165, 1.54) is 25.7 Å². The lowest BCUT2D eigenvalue weighted by Gasteiger charge is -2.30. The lowest BCUT2D eigenvalue weighted by atomic mass is 9.73. The van der Waals surface area contributed by atoms with Gasteiger partial charge in [0.2, 0.25) is 0 Å². The van der Waals surface area contributed by atoms with Gasteiger partial charge in [0.25, 0.3) is 0 Å². The molecule has 5 heteroatoms. The summed E-state index contributed by atoms with van der Waals surface area (Å²) in [5.74, 6) is 1.78. The molecule has 0 aromatic carbocycles. The van der Waals surface area contributed by atoms with Crippen LogP contribution in [0.2, 0.25) is 13.1 Å². The third-order valence-corrected chi connectivity index (χ3v) is 7.07. The number of hydrogen-bond acceptors (Lipinski definition) is 4. The minimum absolute atomic E-state index is 0.0440. The van der Waals surface area contributed by atoms with Crippen LogP contribution in [-0.2, 0) is 18.4 Å². The molecule has 3 rings (SSSR count). The molecule has 2 bridgehead atoms. The maximum absolute atomic E-state index is 11.1. The molecule has 3 aliphatic rings. The number of fused-ring (bicyclic) bond motifs is 3. The summed E-state index contributed by atoms with van der Waals surface area (Å²) in [6, 6.07) is 0. The summed E-state index contributed by atoms with van der Waals surface area (Å²) in [7, 11) is -1.70. The Morgan fingerprint density at radius 2 is 1.90 bits per heavy atom. The van der Waals surface area contributed by atoms with Crippen molar-refractivity contribution in [2.75, 3.05) is 19.8 Å². The average molecular weight is 314 g/mol. The van der Waals surface area contributed by atoms with Gasteiger partial charge in [-0.15, -0.1) is 0 Å². The van der Waals surface area contributed by atoms with Crippen molar-refractivity contribution in [3.8, 4) is 0 Å². The topological polar surface area (TPSA) is 44.8 Å². The molecule has 1 aliphatic heterocycles. The van der Waals surface area contributed by atoms with Gasteiger partial charge in [0.05, 0.1) is 13.0 Å². The van der Waals surface area contributed by atoms with Crippen LogP contribution in [0.4, 0.5) is 0 Å². The Bertz CT molecular complexity index is 363. The fraction of sp³-hybridized carbons (Fsp3) is 0.938. The molecular weight excluding hydrogens is 284 g/mol. The molecule has 1 heterocycles. The Morgan fingerprint density at radius 1 is 1.24 bits per heavy atom. The molecule has 3 unspecified atom stereocenters.